The van der Waals surface area contributed by atoms with E-state index in [2.05, 4.69) is 20.5 Å². The molecule has 2 aromatic rings. The number of aromatic hydroxyl groups is 1. The zero-order valence-corrected chi connectivity index (χ0v) is 11.1. The maximum Gasteiger partial charge on any atom is 0.261 e. The Bertz CT molecular complexity index is 646. The molecule has 2 N–H and O–H groups in total. The summed E-state index contributed by atoms with van der Waals surface area (Å²) in [6, 6.07) is 4.19. The van der Waals surface area contributed by atoms with Crippen molar-refractivity contribution in [3.63, 3.8) is 0 Å². The number of anilines is 1. The number of aromatic nitrogens is 3. The van der Waals surface area contributed by atoms with Crippen LogP contribution in [0.25, 0.3) is 0 Å². The van der Waals surface area contributed by atoms with E-state index in [1.807, 2.05) is 0 Å². The molecule has 1 heterocycles. The highest BCUT2D eigenvalue weighted by Crippen LogP contribution is 2.22. The summed E-state index contributed by atoms with van der Waals surface area (Å²) in [5.41, 5.74) is 1.40. The van der Waals surface area contributed by atoms with Crippen LogP contribution in [0, 0.1) is 13.8 Å². The Balaban J connectivity index is 2.25. The Morgan fingerprint density at radius 1 is 1.26 bits per heavy atom. The van der Waals surface area contributed by atoms with Crippen molar-refractivity contribution in [3.05, 3.63) is 40.2 Å². The van der Waals surface area contributed by atoms with Crippen LogP contribution < -0.4 is 5.32 Å². The number of amides is 1. The topological polar surface area (TPSA) is 88.0 Å². The van der Waals surface area contributed by atoms with Crippen LogP contribution in [0.1, 0.15) is 21.7 Å². The second-order valence-electron chi connectivity index (χ2n) is 3.92. The summed E-state index contributed by atoms with van der Waals surface area (Å²) in [6.07, 6.45) is 0. The fourth-order valence-electron chi connectivity index (χ4n) is 1.37. The van der Waals surface area contributed by atoms with Crippen LogP contribution in [-0.4, -0.2) is 26.2 Å². The number of phenolic OH excluding ortho intramolecular Hbond substituents is 1. The molecule has 0 radical (unpaired) electrons. The molecule has 0 bridgehead atoms. The van der Waals surface area contributed by atoms with Gasteiger partial charge in [0.05, 0.1) is 17.0 Å². The second kappa shape index (κ2) is 5.19. The summed E-state index contributed by atoms with van der Waals surface area (Å²) in [4.78, 5) is 16.0. The summed E-state index contributed by atoms with van der Waals surface area (Å²) < 4.78 is 0. The molecular formula is C12H11ClN4O2. The van der Waals surface area contributed by atoms with Crippen molar-refractivity contribution in [2.45, 2.75) is 13.8 Å². The molecule has 0 unspecified atom stereocenters. The van der Waals surface area contributed by atoms with Crippen LogP contribution >= 0.6 is 11.6 Å². The van der Waals surface area contributed by atoms with E-state index in [9.17, 15) is 9.90 Å². The molecule has 2 rings (SSSR count). The summed E-state index contributed by atoms with van der Waals surface area (Å²) in [7, 11) is 0. The molecule has 0 spiro atoms. The number of halogens is 1. The molecule has 6 nitrogen and oxygen atoms in total. The predicted octanol–water partition coefficient (Wildman–Crippen LogP) is 2.10. The van der Waals surface area contributed by atoms with Crippen molar-refractivity contribution < 1.29 is 9.90 Å². The number of nitrogens with one attached hydrogen (secondary N) is 1. The quantitative estimate of drug-likeness (QED) is 0.878. The first-order valence-electron chi connectivity index (χ1n) is 5.45. The summed E-state index contributed by atoms with van der Waals surface area (Å²) in [6.45, 7) is 3.53. The lowest BCUT2D eigenvalue weighted by atomic mass is 10.2. The number of carbonyl (C=O) groups is 1. The van der Waals surface area contributed by atoms with Crippen molar-refractivity contribution in [1.82, 2.24) is 15.2 Å². The minimum atomic E-state index is -0.551. The first kappa shape index (κ1) is 13.2. The van der Waals surface area contributed by atoms with E-state index < -0.39 is 5.91 Å². The largest absolute Gasteiger partial charge is 0.507 e. The standard InChI is InChI=1S/C12H11ClN4O2/c1-6-7(2)16-17-12(14-6)15-11(19)9-5-8(13)3-4-10(9)18/h3-5,18H,1-2H3,(H,14,15,17,19). The van der Waals surface area contributed by atoms with Gasteiger partial charge in [0.1, 0.15) is 5.75 Å². The SMILES string of the molecule is Cc1nnc(NC(=O)c2cc(Cl)ccc2O)nc1C. The van der Waals surface area contributed by atoms with Crippen molar-refractivity contribution in [1.29, 1.82) is 0 Å². The smallest absolute Gasteiger partial charge is 0.261 e. The zero-order chi connectivity index (χ0) is 14.0. The van der Waals surface area contributed by atoms with E-state index in [1.165, 1.54) is 18.2 Å². The molecule has 1 aromatic heterocycles. The van der Waals surface area contributed by atoms with Crippen molar-refractivity contribution >= 4 is 23.5 Å². The van der Waals surface area contributed by atoms with E-state index in [4.69, 9.17) is 11.6 Å². The van der Waals surface area contributed by atoms with Gasteiger partial charge in [-0.3, -0.25) is 10.1 Å². The monoisotopic (exact) mass is 278 g/mol. The Labute approximate surface area is 114 Å². The third-order valence-corrected chi connectivity index (χ3v) is 2.76. The molecule has 0 saturated carbocycles. The minimum absolute atomic E-state index is 0.0503. The lowest BCUT2D eigenvalue weighted by Crippen LogP contribution is -2.15. The molecule has 98 valence electrons. The number of rotatable bonds is 2. The summed E-state index contributed by atoms with van der Waals surface area (Å²) in [5, 5.41) is 20.0. The van der Waals surface area contributed by atoms with Gasteiger partial charge in [-0.2, -0.15) is 5.10 Å². The first-order chi connectivity index (χ1) is 8.97. The van der Waals surface area contributed by atoms with Crippen LogP contribution in [0.3, 0.4) is 0 Å². The molecule has 1 aromatic carbocycles. The van der Waals surface area contributed by atoms with Gasteiger partial charge in [0.15, 0.2) is 0 Å². The molecule has 7 heteroatoms. The van der Waals surface area contributed by atoms with Gasteiger partial charge in [0.2, 0.25) is 5.95 Å². The van der Waals surface area contributed by atoms with E-state index in [-0.39, 0.29) is 17.3 Å². The number of phenols is 1. The lowest BCUT2D eigenvalue weighted by molar-refractivity contribution is 0.102. The molecule has 0 saturated heterocycles. The maximum atomic E-state index is 11.9. The molecular weight excluding hydrogens is 268 g/mol. The third kappa shape index (κ3) is 2.97. The zero-order valence-electron chi connectivity index (χ0n) is 10.3. The normalized spacial score (nSPS) is 10.3. The number of carbonyl (C=O) groups excluding carboxylic acids is 1. The van der Waals surface area contributed by atoms with Gasteiger partial charge in [-0.05, 0) is 32.0 Å². The van der Waals surface area contributed by atoms with Gasteiger partial charge in [-0.1, -0.05) is 11.6 Å². The van der Waals surface area contributed by atoms with Gasteiger partial charge in [0, 0.05) is 5.02 Å². The molecule has 0 aliphatic carbocycles. The molecule has 0 aliphatic heterocycles. The Morgan fingerprint density at radius 3 is 2.68 bits per heavy atom. The van der Waals surface area contributed by atoms with Gasteiger partial charge in [-0.15, -0.1) is 5.10 Å². The number of aryl methyl sites for hydroxylation is 2. The Kier molecular flexibility index (Phi) is 3.62. The summed E-state index contributed by atoms with van der Waals surface area (Å²) >= 11 is 5.78. The van der Waals surface area contributed by atoms with Crippen LogP contribution in [0.5, 0.6) is 5.75 Å². The van der Waals surface area contributed by atoms with Crippen LogP contribution in [-0.2, 0) is 0 Å². The Morgan fingerprint density at radius 2 is 2.00 bits per heavy atom. The van der Waals surface area contributed by atoms with Gasteiger partial charge in [-0.25, -0.2) is 4.98 Å². The van der Waals surface area contributed by atoms with Crippen molar-refractivity contribution in [2.75, 3.05) is 5.32 Å². The molecule has 0 atom stereocenters. The fourth-order valence-corrected chi connectivity index (χ4v) is 1.54. The highest BCUT2D eigenvalue weighted by Gasteiger charge is 2.13. The van der Waals surface area contributed by atoms with Gasteiger partial charge < -0.3 is 5.11 Å². The maximum absolute atomic E-state index is 11.9. The van der Waals surface area contributed by atoms with Crippen LogP contribution in [0.4, 0.5) is 5.95 Å². The van der Waals surface area contributed by atoms with Crippen LogP contribution in [0.15, 0.2) is 18.2 Å². The van der Waals surface area contributed by atoms with Crippen molar-refractivity contribution in [3.8, 4) is 5.75 Å². The Hall–Kier alpha value is -2.21. The number of hydrogen-bond acceptors (Lipinski definition) is 5. The lowest BCUT2D eigenvalue weighted by Gasteiger charge is -2.06. The van der Waals surface area contributed by atoms with Crippen molar-refractivity contribution in [2.24, 2.45) is 0 Å². The number of benzene rings is 1. The van der Waals surface area contributed by atoms with E-state index in [0.29, 0.717) is 16.4 Å². The molecule has 1 amide bonds. The second-order valence-corrected chi connectivity index (χ2v) is 4.36. The van der Waals surface area contributed by atoms with E-state index >= 15 is 0 Å². The minimum Gasteiger partial charge on any atom is -0.507 e. The van der Waals surface area contributed by atoms with Gasteiger partial charge in [0.25, 0.3) is 5.91 Å². The molecule has 0 aliphatic rings. The van der Waals surface area contributed by atoms with Gasteiger partial charge >= 0.3 is 0 Å². The fraction of sp³-hybridized carbons (Fsp3) is 0.167. The average molecular weight is 279 g/mol. The number of hydrogen-bond donors (Lipinski definition) is 2. The highest BCUT2D eigenvalue weighted by atomic mass is 35.5. The highest BCUT2D eigenvalue weighted by molar-refractivity contribution is 6.31. The molecule has 19 heavy (non-hydrogen) atoms. The third-order valence-electron chi connectivity index (χ3n) is 2.52. The van der Waals surface area contributed by atoms with E-state index in [0.717, 1.165) is 0 Å². The van der Waals surface area contributed by atoms with Crippen LogP contribution in [0.2, 0.25) is 5.02 Å². The first-order valence-corrected chi connectivity index (χ1v) is 5.83. The average Bonchev–Trinajstić information content (AvgIpc) is 2.36. The number of nitrogens with zero attached hydrogens (tertiary/aromatic N) is 3. The molecule has 0 fully saturated rings. The predicted molar refractivity (Wildman–Crippen MR) is 70.4 cm³/mol. The summed E-state index contributed by atoms with van der Waals surface area (Å²) in [5.74, 6) is -0.642. The van der Waals surface area contributed by atoms with E-state index in [1.54, 1.807) is 13.8 Å².